The highest BCUT2D eigenvalue weighted by Crippen LogP contribution is 2.19. The molecule has 1 unspecified atom stereocenters. The first-order valence-electron chi connectivity index (χ1n) is 5.54. The van der Waals surface area contributed by atoms with E-state index < -0.39 is 0 Å². The Morgan fingerprint density at radius 1 is 1.40 bits per heavy atom. The Hall–Kier alpha value is -1.32. The van der Waals surface area contributed by atoms with Gasteiger partial charge in [-0.25, -0.2) is 9.97 Å². The first kappa shape index (κ1) is 11.8. The molecular weight excluding hydrogens is 188 g/mol. The van der Waals surface area contributed by atoms with Gasteiger partial charge in [0.15, 0.2) is 0 Å². The van der Waals surface area contributed by atoms with Crippen LogP contribution in [0.25, 0.3) is 0 Å². The van der Waals surface area contributed by atoms with Crippen LogP contribution in [-0.2, 0) is 6.42 Å². The van der Waals surface area contributed by atoms with E-state index in [2.05, 4.69) is 36.1 Å². The number of nitrogen functional groups attached to an aromatic ring is 1. The number of anilines is 2. The third-order valence-electron chi connectivity index (χ3n) is 2.47. The van der Waals surface area contributed by atoms with Crippen molar-refractivity contribution in [3.63, 3.8) is 0 Å². The molecule has 1 heterocycles. The summed E-state index contributed by atoms with van der Waals surface area (Å²) in [5, 5.41) is 3.35. The van der Waals surface area contributed by atoms with Crippen LogP contribution in [0.3, 0.4) is 0 Å². The van der Waals surface area contributed by atoms with Crippen molar-refractivity contribution in [2.45, 2.75) is 46.1 Å². The van der Waals surface area contributed by atoms with E-state index in [1.165, 1.54) is 6.33 Å². The van der Waals surface area contributed by atoms with Crippen LogP contribution < -0.4 is 11.1 Å². The summed E-state index contributed by atoms with van der Waals surface area (Å²) in [6.07, 6.45) is 4.55. The SMILES string of the molecule is CCCc1c(N)ncnc1NC(C)CC. The van der Waals surface area contributed by atoms with Crippen molar-refractivity contribution >= 4 is 11.6 Å². The van der Waals surface area contributed by atoms with Gasteiger partial charge in [-0.2, -0.15) is 0 Å². The molecule has 0 fully saturated rings. The topological polar surface area (TPSA) is 63.8 Å². The van der Waals surface area contributed by atoms with Gasteiger partial charge >= 0.3 is 0 Å². The third-order valence-corrected chi connectivity index (χ3v) is 2.47. The third kappa shape index (κ3) is 3.08. The number of nitrogens with two attached hydrogens (primary N) is 1. The average Bonchev–Trinajstić information content (AvgIpc) is 2.23. The zero-order valence-electron chi connectivity index (χ0n) is 9.75. The molecular formula is C11H20N4. The van der Waals surface area contributed by atoms with Gasteiger partial charge in [-0.3, -0.25) is 0 Å². The molecule has 0 aliphatic heterocycles. The first-order chi connectivity index (χ1) is 7.19. The number of hydrogen-bond acceptors (Lipinski definition) is 4. The monoisotopic (exact) mass is 208 g/mol. The predicted octanol–water partition coefficient (Wildman–Crippen LogP) is 2.22. The Morgan fingerprint density at radius 3 is 2.73 bits per heavy atom. The highest BCUT2D eigenvalue weighted by atomic mass is 15.0. The minimum absolute atomic E-state index is 0.412. The van der Waals surface area contributed by atoms with Crippen LogP contribution in [0.2, 0.25) is 0 Å². The summed E-state index contributed by atoms with van der Waals surface area (Å²) in [5.41, 5.74) is 6.88. The quantitative estimate of drug-likeness (QED) is 0.778. The fourth-order valence-electron chi connectivity index (χ4n) is 1.38. The first-order valence-corrected chi connectivity index (χ1v) is 5.54. The second kappa shape index (κ2) is 5.53. The summed E-state index contributed by atoms with van der Waals surface area (Å²) in [6, 6.07) is 0.412. The molecule has 84 valence electrons. The zero-order valence-corrected chi connectivity index (χ0v) is 9.75. The van der Waals surface area contributed by atoms with Crippen molar-refractivity contribution in [1.29, 1.82) is 0 Å². The standard InChI is InChI=1S/C11H20N4/c1-4-6-9-10(12)13-7-14-11(9)15-8(3)5-2/h7-8H,4-6H2,1-3H3,(H3,12,13,14,15). The van der Waals surface area contributed by atoms with E-state index in [9.17, 15) is 0 Å². The molecule has 0 bridgehead atoms. The number of nitrogens with zero attached hydrogens (tertiary/aromatic N) is 2. The van der Waals surface area contributed by atoms with Crippen molar-refractivity contribution < 1.29 is 0 Å². The Kier molecular flexibility index (Phi) is 4.34. The number of aromatic nitrogens is 2. The molecule has 4 heteroatoms. The van der Waals surface area contributed by atoms with Crippen LogP contribution in [0.5, 0.6) is 0 Å². The van der Waals surface area contributed by atoms with E-state index in [1.807, 2.05) is 0 Å². The molecule has 1 rings (SSSR count). The maximum absolute atomic E-state index is 5.83. The lowest BCUT2D eigenvalue weighted by molar-refractivity contribution is 0.753. The van der Waals surface area contributed by atoms with Crippen LogP contribution in [0, 0.1) is 0 Å². The lowest BCUT2D eigenvalue weighted by Crippen LogP contribution is -2.17. The van der Waals surface area contributed by atoms with Gasteiger partial charge < -0.3 is 11.1 Å². The molecule has 0 saturated heterocycles. The molecule has 15 heavy (non-hydrogen) atoms. The maximum Gasteiger partial charge on any atom is 0.134 e. The van der Waals surface area contributed by atoms with Gasteiger partial charge in [0.1, 0.15) is 18.0 Å². The van der Waals surface area contributed by atoms with Crippen molar-refractivity contribution in [1.82, 2.24) is 9.97 Å². The fourth-order valence-corrected chi connectivity index (χ4v) is 1.38. The maximum atomic E-state index is 5.83. The van der Waals surface area contributed by atoms with E-state index in [0.717, 1.165) is 30.6 Å². The fraction of sp³-hybridized carbons (Fsp3) is 0.636. The van der Waals surface area contributed by atoms with E-state index in [0.29, 0.717) is 11.9 Å². The van der Waals surface area contributed by atoms with Crippen LogP contribution >= 0.6 is 0 Å². The van der Waals surface area contributed by atoms with Crippen molar-refractivity contribution in [2.75, 3.05) is 11.1 Å². The summed E-state index contributed by atoms with van der Waals surface area (Å²) in [7, 11) is 0. The van der Waals surface area contributed by atoms with Gasteiger partial charge in [-0.15, -0.1) is 0 Å². The number of nitrogens with one attached hydrogen (secondary N) is 1. The Morgan fingerprint density at radius 2 is 2.13 bits per heavy atom. The van der Waals surface area contributed by atoms with Gasteiger partial charge in [-0.1, -0.05) is 20.3 Å². The molecule has 0 saturated carbocycles. The van der Waals surface area contributed by atoms with Gasteiger partial charge in [0, 0.05) is 11.6 Å². The van der Waals surface area contributed by atoms with Crippen molar-refractivity contribution in [3.05, 3.63) is 11.9 Å². The zero-order chi connectivity index (χ0) is 11.3. The van der Waals surface area contributed by atoms with Gasteiger partial charge in [-0.05, 0) is 19.8 Å². The minimum Gasteiger partial charge on any atom is -0.383 e. The molecule has 3 N–H and O–H groups in total. The second-order valence-corrected chi connectivity index (χ2v) is 3.79. The smallest absolute Gasteiger partial charge is 0.134 e. The lowest BCUT2D eigenvalue weighted by Gasteiger charge is -2.15. The molecule has 4 nitrogen and oxygen atoms in total. The van der Waals surface area contributed by atoms with Crippen LogP contribution in [-0.4, -0.2) is 16.0 Å². The molecule has 1 aromatic rings. The normalized spacial score (nSPS) is 12.5. The van der Waals surface area contributed by atoms with Crippen molar-refractivity contribution in [3.8, 4) is 0 Å². The minimum atomic E-state index is 0.412. The average molecular weight is 208 g/mol. The predicted molar refractivity (Wildman–Crippen MR) is 63.8 cm³/mol. The van der Waals surface area contributed by atoms with Crippen LogP contribution in [0.1, 0.15) is 39.2 Å². The number of rotatable bonds is 5. The van der Waals surface area contributed by atoms with Crippen LogP contribution in [0.4, 0.5) is 11.6 Å². The molecule has 0 amide bonds. The molecule has 0 spiro atoms. The van der Waals surface area contributed by atoms with E-state index in [1.54, 1.807) is 0 Å². The van der Waals surface area contributed by atoms with E-state index >= 15 is 0 Å². The van der Waals surface area contributed by atoms with Gasteiger partial charge in [0.25, 0.3) is 0 Å². The lowest BCUT2D eigenvalue weighted by atomic mass is 10.1. The van der Waals surface area contributed by atoms with Crippen molar-refractivity contribution in [2.24, 2.45) is 0 Å². The van der Waals surface area contributed by atoms with E-state index in [4.69, 9.17) is 5.73 Å². The second-order valence-electron chi connectivity index (χ2n) is 3.79. The molecule has 0 aliphatic rings. The molecule has 0 aliphatic carbocycles. The largest absolute Gasteiger partial charge is 0.383 e. The van der Waals surface area contributed by atoms with Gasteiger partial charge in [0.2, 0.25) is 0 Å². The molecule has 0 aromatic carbocycles. The molecule has 0 radical (unpaired) electrons. The summed E-state index contributed by atoms with van der Waals surface area (Å²) in [4.78, 5) is 8.26. The van der Waals surface area contributed by atoms with Gasteiger partial charge in [0.05, 0.1) is 0 Å². The highest BCUT2D eigenvalue weighted by molar-refractivity contribution is 5.55. The summed E-state index contributed by atoms with van der Waals surface area (Å²) in [5.74, 6) is 1.48. The molecule has 1 atom stereocenters. The highest BCUT2D eigenvalue weighted by Gasteiger charge is 2.09. The summed E-state index contributed by atoms with van der Waals surface area (Å²) >= 11 is 0. The number of hydrogen-bond donors (Lipinski definition) is 2. The van der Waals surface area contributed by atoms with Crippen LogP contribution in [0.15, 0.2) is 6.33 Å². The van der Waals surface area contributed by atoms with E-state index in [-0.39, 0.29) is 0 Å². The Balaban J connectivity index is 2.89. The summed E-state index contributed by atoms with van der Waals surface area (Å²) < 4.78 is 0. The Labute approximate surface area is 91.3 Å². The molecule has 1 aromatic heterocycles. The summed E-state index contributed by atoms with van der Waals surface area (Å²) in [6.45, 7) is 6.40. The Bertz CT molecular complexity index is 311.